The molecule has 0 aliphatic carbocycles. The average Bonchev–Trinajstić information content (AvgIpc) is 2.74. The fourth-order valence-corrected chi connectivity index (χ4v) is 3.05. The van der Waals surface area contributed by atoms with Crippen molar-refractivity contribution in [2.24, 2.45) is 0 Å². The zero-order chi connectivity index (χ0) is 19.8. The highest BCUT2D eigenvalue weighted by Crippen LogP contribution is 2.29. The van der Waals surface area contributed by atoms with Crippen molar-refractivity contribution in [3.05, 3.63) is 94.5 Å². The molecule has 0 amide bonds. The number of nitrogens with one attached hydrogen (secondary N) is 1. The van der Waals surface area contributed by atoms with Crippen LogP contribution in [-0.2, 0) is 13.2 Å². The molecule has 0 saturated heterocycles. The highest BCUT2D eigenvalue weighted by atomic mass is 35.5. The van der Waals surface area contributed by atoms with Crippen LogP contribution in [0.15, 0.2) is 72.8 Å². The van der Waals surface area contributed by atoms with Crippen LogP contribution in [0.2, 0.25) is 5.02 Å². The first kappa shape index (κ1) is 20.2. The maximum absolute atomic E-state index is 10.2. The van der Waals surface area contributed by atoms with Crippen LogP contribution in [0.4, 0.5) is 0 Å². The third kappa shape index (κ3) is 5.49. The van der Waals surface area contributed by atoms with Crippen molar-refractivity contribution < 1.29 is 14.6 Å². The van der Waals surface area contributed by atoms with Crippen LogP contribution in [0.3, 0.4) is 0 Å². The zero-order valence-electron chi connectivity index (χ0n) is 15.8. The van der Waals surface area contributed by atoms with Gasteiger partial charge in [-0.05, 0) is 29.3 Å². The molecule has 2 N–H and O–H groups in total. The predicted octanol–water partition coefficient (Wildman–Crippen LogP) is 4.75. The molecule has 0 aliphatic rings. The van der Waals surface area contributed by atoms with Crippen LogP contribution in [0.5, 0.6) is 11.5 Å². The lowest BCUT2D eigenvalue weighted by Crippen LogP contribution is -2.21. The van der Waals surface area contributed by atoms with E-state index in [2.05, 4.69) is 5.32 Å². The Morgan fingerprint density at radius 3 is 2.46 bits per heavy atom. The SMILES string of the molecule is COc1cc(CNC[C@H](O)c2ccccc2)ccc1OCc1ccccc1Cl. The molecule has 0 fully saturated rings. The molecule has 0 radical (unpaired) electrons. The molecule has 0 spiro atoms. The number of aliphatic hydroxyl groups excluding tert-OH is 1. The van der Waals surface area contributed by atoms with Crippen molar-refractivity contribution >= 4 is 11.6 Å². The number of methoxy groups -OCH3 is 1. The van der Waals surface area contributed by atoms with Crippen LogP contribution in [-0.4, -0.2) is 18.8 Å². The minimum Gasteiger partial charge on any atom is -0.493 e. The van der Waals surface area contributed by atoms with E-state index < -0.39 is 6.10 Å². The van der Waals surface area contributed by atoms with Crippen molar-refractivity contribution in [1.82, 2.24) is 5.32 Å². The van der Waals surface area contributed by atoms with Crippen LogP contribution in [0, 0.1) is 0 Å². The lowest BCUT2D eigenvalue weighted by molar-refractivity contribution is 0.174. The second-order valence-corrected chi connectivity index (χ2v) is 6.83. The number of hydrogen-bond acceptors (Lipinski definition) is 4. The molecular formula is C23H24ClNO3. The van der Waals surface area contributed by atoms with Crippen LogP contribution in [0.1, 0.15) is 22.8 Å². The number of rotatable bonds is 9. The van der Waals surface area contributed by atoms with Crippen molar-refractivity contribution in [3.8, 4) is 11.5 Å². The van der Waals surface area contributed by atoms with Gasteiger partial charge in [-0.2, -0.15) is 0 Å². The molecule has 0 bridgehead atoms. The van der Waals surface area contributed by atoms with E-state index in [0.29, 0.717) is 36.2 Å². The van der Waals surface area contributed by atoms with E-state index in [1.165, 1.54) is 0 Å². The Morgan fingerprint density at radius 2 is 1.71 bits per heavy atom. The van der Waals surface area contributed by atoms with E-state index in [1.807, 2.05) is 72.8 Å². The van der Waals surface area contributed by atoms with E-state index in [1.54, 1.807) is 7.11 Å². The molecule has 0 aromatic heterocycles. The van der Waals surface area contributed by atoms with Gasteiger partial charge in [-0.25, -0.2) is 0 Å². The number of hydrogen-bond donors (Lipinski definition) is 2. The van der Waals surface area contributed by atoms with Crippen molar-refractivity contribution in [1.29, 1.82) is 0 Å². The molecule has 3 aromatic rings. The lowest BCUT2D eigenvalue weighted by Gasteiger charge is -2.14. The summed E-state index contributed by atoms with van der Waals surface area (Å²) >= 11 is 6.18. The van der Waals surface area contributed by atoms with Gasteiger partial charge in [-0.1, -0.05) is 66.2 Å². The average molecular weight is 398 g/mol. The Balaban J connectivity index is 1.56. The molecule has 146 valence electrons. The highest BCUT2D eigenvalue weighted by Gasteiger charge is 2.09. The summed E-state index contributed by atoms with van der Waals surface area (Å²) < 4.78 is 11.3. The van der Waals surface area contributed by atoms with Crippen molar-refractivity contribution in [2.75, 3.05) is 13.7 Å². The molecule has 0 unspecified atom stereocenters. The van der Waals surface area contributed by atoms with Gasteiger partial charge in [0.1, 0.15) is 6.61 Å². The van der Waals surface area contributed by atoms with E-state index >= 15 is 0 Å². The van der Waals surface area contributed by atoms with E-state index in [0.717, 1.165) is 16.7 Å². The minimum atomic E-state index is -0.540. The maximum atomic E-state index is 10.2. The molecule has 0 aliphatic heterocycles. The second-order valence-electron chi connectivity index (χ2n) is 6.42. The molecule has 28 heavy (non-hydrogen) atoms. The summed E-state index contributed by atoms with van der Waals surface area (Å²) in [6.45, 7) is 1.46. The third-order valence-electron chi connectivity index (χ3n) is 4.42. The fourth-order valence-electron chi connectivity index (χ4n) is 2.86. The summed E-state index contributed by atoms with van der Waals surface area (Å²) in [6.07, 6.45) is -0.540. The molecule has 3 aromatic carbocycles. The van der Waals surface area contributed by atoms with E-state index in [9.17, 15) is 5.11 Å². The number of benzene rings is 3. The van der Waals surface area contributed by atoms with Gasteiger partial charge in [-0.3, -0.25) is 0 Å². The van der Waals surface area contributed by atoms with Gasteiger partial charge in [0.05, 0.1) is 13.2 Å². The summed E-state index contributed by atoms with van der Waals surface area (Å²) in [5, 5.41) is 14.2. The first-order chi connectivity index (χ1) is 13.7. The lowest BCUT2D eigenvalue weighted by atomic mass is 10.1. The molecule has 0 heterocycles. The smallest absolute Gasteiger partial charge is 0.161 e. The number of ether oxygens (including phenoxy) is 2. The Labute approximate surface area is 170 Å². The topological polar surface area (TPSA) is 50.7 Å². The largest absolute Gasteiger partial charge is 0.493 e. The van der Waals surface area contributed by atoms with Crippen molar-refractivity contribution in [3.63, 3.8) is 0 Å². The molecule has 5 heteroatoms. The number of aliphatic hydroxyl groups is 1. The Bertz CT molecular complexity index is 886. The summed E-state index contributed by atoms with van der Waals surface area (Å²) in [6, 6.07) is 23.0. The highest BCUT2D eigenvalue weighted by molar-refractivity contribution is 6.31. The molecule has 3 rings (SSSR count). The van der Waals surface area contributed by atoms with Crippen LogP contribution < -0.4 is 14.8 Å². The first-order valence-corrected chi connectivity index (χ1v) is 9.52. The summed E-state index contributed by atoms with van der Waals surface area (Å²) in [4.78, 5) is 0. The van der Waals surface area contributed by atoms with Crippen LogP contribution in [0.25, 0.3) is 0 Å². The standard InChI is InChI=1S/C23H24ClNO3/c1-27-23-13-17(14-25-15-21(26)18-7-3-2-4-8-18)11-12-22(23)28-16-19-9-5-6-10-20(19)24/h2-13,21,25-26H,14-16H2,1H3/t21-/m0/s1. The monoisotopic (exact) mass is 397 g/mol. The van der Waals surface area contributed by atoms with Crippen LogP contribution >= 0.6 is 11.6 Å². The molecule has 4 nitrogen and oxygen atoms in total. The quantitative estimate of drug-likeness (QED) is 0.547. The normalized spacial score (nSPS) is 11.8. The summed E-state index contributed by atoms with van der Waals surface area (Å²) in [7, 11) is 1.62. The van der Waals surface area contributed by atoms with Gasteiger partial charge in [0.2, 0.25) is 0 Å². The second kappa shape index (κ2) is 10.1. The molecule has 0 saturated carbocycles. The molecule has 1 atom stereocenters. The summed E-state index contributed by atoms with van der Waals surface area (Å²) in [5.74, 6) is 1.32. The Hall–Kier alpha value is -2.53. The zero-order valence-corrected chi connectivity index (χ0v) is 16.5. The van der Waals surface area contributed by atoms with E-state index in [4.69, 9.17) is 21.1 Å². The van der Waals surface area contributed by atoms with Gasteiger partial charge in [0, 0.05) is 23.7 Å². The predicted molar refractivity (Wildman–Crippen MR) is 112 cm³/mol. The Morgan fingerprint density at radius 1 is 0.964 bits per heavy atom. The first-order valence-electron chi connectivity index (χ1n) is 9.14. The van der Waals surface area contributed by atoms with E-state index in [-0.39, 0.29) is 0 Å². The fraction of sp³-hybridized carbons (Fsp3) is 0.217. The van der Waals surface area contributed by atoms with Gasteiger partial charge < -0.3 is 19.9 Å². The number of halogens is 1. The maximum Gasteiger partial charge on any atom is 0.161 e. The third-order valence-corrected chi connectivity index (χ3v) is 4.79. The van der Waals surface area contributed by atoms with Gasteiger partial charge in [0.15, 0.2) is 11.5 Å². The van der Waals surface area contributed by atoms with Gasteiger partial charge in [-0.15, -0.1) is 0 Å². The Kier molecular flexibility index (Phi) is 7.31. The van der Waals surface area contributed by atoms with Crippen molar-refractivity contribution in [2.45, 2.75) is 19.3 Å². The molecular weight excluding hydrogens is 374 g/mol. The minimum absolute atomic E-state index is 0.372. The summed E-state index contributed by atoms with van der Waals surface area (Å²) in [5.41, 5.74) is 2.87. The van der Waals surface area contributed by atoms with Gasteiger partial charge in [0.25, 0.3) is 0 Å². The van der Waals surface area contributed by atoms with Gasteiger partial charge >= 0.3 is 0 Å².